The monoisotopic (exact) mass is 208 g/mol. The number of rotatable bonds is 4. The highest BCUT2D eigenvalue weighted by Crippen LogP contribution is 2.16. The Labute approximate surface area is 94.4 Å². The van der Waals surface area contributed by atoms with E-state index in [-0.39, 0.29) is 0 Å². The molecule has 1 N–H and O–H groups in total. The number of nitrogens with one attached hydrogen (secondary N) is 1. The van der Waals surface area contributed by atoms with Crippen LogP contribution in [0.2, 0.25) is 0 Å². The lowest BCUT2D eigenvalue weighted by Crippen LogP contribution is -2.58. The fourth-order valence-corrected chi connectivity index (χ4v) is 2.37. The maximum atomic E-state index is 5.40. The van der Waals surface area contributed by atoms with Gasteiger partial charge in [-0.1, -0.05) is 13.8 Å². The molecule has 0 spiro atoms. The number of hydrogen-bond acceptors (Lipinski definition) is 2. The number of hydrogen-bond donors (Lipinski definition) is 1. The Morgan fingerprint density at radius 1 is 1.47 bits per heavy atom. The van der Waals surface area contributed by atoms with Gasteiger partial charge in [0.2, 0.25) is 0 Å². The molecule has 0 bridgehead atoms. The molecular formula is C13H24N2. The number of piperazine rings is 1. The van der Waals surface area contributed by atoms with Gasteiger partial charge in [0, 0.05) is 37.6 Å². The van der Waals surface area contributed by atoms with E-state index in [4.69, 9.17) is 6.42 Å². The molecule has 3 unspecified atom stereocenters. The van der Waals surface area contributed by atoms with Crippen molar-refractivity contribution < 1.29 is 0 Å². The molecule has 86 valence electrons. The molecule has 3 atom stereocenters. The van der Waals surface area contributed by atoms with Gasteiger partial charge in [-0.2, -0.15) is 0 Å². The Morgan fingerprint density at radius 3 is 2.73 bits per heavy atom. The Kier molecular flexibility index (Phi) is 5.14. The molecule has 1 heterocycles. The maximum Gasteiger partial charge on any atom is 0.0240 e. The molecule has 1 aliphatic rings. The third-order valence-corrected chi connectivity index (χ3v) is 3.49. The standard InChI is InChI=1S/C13H24N2/c1-5-8-11(4)15-10-12(6-2)14-9-13(15)7-3/h1,11-14H,6-10H2,2-4H3. The first kappa shape index (κ1) is 12.5. The van der Waals surface area contributed by atoms with Crippen molar-refractivity contribution in [1.29, 1.82) is 0 Å². The quantitative estimate of drug-likeness (QED) is 0.709. The third-order valence-electron chi connectivity index (χ3n) is 3.49. The maximum absolute atomic E-state index is 5.40. The second-order valence-corrected chi connectivity index (χ2v) is 4.53. The Morgan fingerprint density at radius 2 is 2.20 bits per heavy atom. The highest BCUT2D eigenvalue weighted by atomic mass is 15.2. The summed E-state index contributed by atoms with van der Waals surface area (Å²) in [6.07, 6.45) is 8.68. The van der Waals surface area contributed by atoms with Crippen LogP contribution in [0.1, 0.15) is 40.0 Å². The highest BCUT2D eigenvalue weighted by Gasteiger charge is 2.28. The van der Waals surface area contributed by atoms with Gasteiger partial charge in [-0.15, -0.1) is 12.3 Å². The molecule has 2 heteroatoms. The van der Waals surface area contributed by atoms with Crippen molar-refractivity contribution >= 4 is 0 Å². The van der Waals surface area contributed by atoms with Crippen LogP contribution < -0.4 is 5.32 Å². The summed E-state index contributed by atoms with van der Waals surface area (Å²) in [5.41, 5.74) is 0. The molecule has 2 nitrogen and oxygen atoms in total. The van der Waals surface area contributed by atoms with E-state index in [1.54, 1.807) is 0 Å². The second kappa shape index (κ2) is 6.15. The zero-order chi connectivity index (χ0) is 11.3. The topological polar surface area (TPSA) is 15.3 Å². The summed E-state index contributed by atoms with van der Waals surface area (Å²) in [7, 11) is 0. The minimum Gasteiger partial charge on any atom is -0.311 e. The van der Waals surface area contributed by atoms with E-state index in [0.717, 1.165) is 19.5 Å². The van der Waals surface area contributed by atoms with Crippen molar-refractivity contribution in [3.05, 3.63) is 0 Å². The number of terminal acetylenes is 1. The summed E-state index contributed by atoms with van der Waals surface area (Å²) in [6.45, 7) is 9.02. The molecule has 0 radical (unpaired) electrons. The average Bonchev–Trinajstić information content (AvgIpc) is 2.28. The molecule has 1 fully saturated rings. The Hall–Kier alpha value is -0.520. The van der Waals surface area contributed by atoms with Gasteiger partial charge < -0.3 is 5.32 Å². The van der Waals surface area contributed by atoms with E-state index in [2.05, 4.69) is 36.9 Å². The fraction of sp³-hybridized carbons (Fsp3) is 0.846. The van der Waals surface area contributed by atoms with E-state index >= 15 is 0 Å². The molecule has 1 saturated heterocycles. The molecule has 0 aromatic rings. The highest BCUT2D eigenvalue weighted by molar-refractivity contribution is 4.94. The Balaban J connectivity index is 2.58. The van der Waals surface area contributed by atoms with Crippen LogP contribution in [-0.4, -0.2) is 36.1 Å². The summed E-state index contributed by atoms with van der Waals surface area (Å²) in [6, 6.07) is 1.83. The first-order valence-corrected chi connectivity index (χ1v) is 6.15. The van der Waals surface area contributed by atoms with Crippen LogP contribution in [-0.2, 0) is 0 Å². The minimum absolute atomic E-state index is 0.524. The van der Waals surface area contributed by atoms with E-state index in [9.17, 15) is 0 Å². The van der Waals surface area contributed by atoms with Gasteiger partial charge in [-0.25, -0.2) is 0 Å². The van der Waals surface area contributed by atoms with E-state index in [0.29, 0.717) is 18.1 Å². The van der Waals surface area contributed by atoms with Gasteiger partial charge in [0.1, 0.15) is 0 Å². The molecule has 1 aliphatic heterocycles. The van der Waals surface area contributed by atoms with Crippen molar-refractivity contribution in [3.63, 3.8) is 0 Å². The van der Waals surface area contributed by atoms with Crippen molar-refractivity contribution in [2.45, 2.75) is 58.2 Å². The predicted octanol–water partition coefficient (Wildman–Crippen LogP) is 1.86. The van der Waals surface area contributed by atoms with Crippen molar-refractivity contribution in [1.82, 2.24) is 10.2 Å². The molecule has 0 aromatic heterocycles. The van der Waals surface area contributed by atoms with Crippen LogP contribution in [0.25, 0.3) is 0 Å². The lowest BCUT2D eigenvalue weighted by molar-refractivity contribution is 0.0872. The summed E-state index contributed by atoms with van der Waals surface area (Å²) in [5.74, 6) is 2.78. The fourth-order valence-electron chi connectivity index (χ4n) is 2.37. The summed E-state index contributed by atoms with van der Waals surface area (Å²) in [5, 5.41) is 3.60. The van der Waals surface area contributed by atoms with Gasteiger partial charge in [-0.05, 0) is 19.8 Å². The third kappa shape index (κ3) is 3.22. The lowest BCUT2D eigenvalue weighted by Gasteiger charge is -2.43. The van der Waals surface area contributed by atoms with Crippen LogP contribution in [0.4, 0.5) is 0 Å². The van der Waals surface area contributed by atoms with Crippen molar-refractivity contribution in [2.24, 2.45) is 0 Å². The zero-order valence-electron chi connectivity index (χ0n) is 10.3. The van der Waals surface area contributed by atoms with Crippen LogP contribution in [0, 0.1) is 12.3 Å². The molecule has 0 aromatic carbocycles. The van der Waals surface area contributed by atoms with E-state index in [1.807, 2.05) is 0 Å². The molecule has 0 saturated carbocycles. The smallest absolute Gasteiger partial charge is 0.0240 e. The van der Waals surface area contributed by atoms with Crippen LogP contribution in [0.15, 0.2) is 0 Å². The normalized spacial score (nSPS) is 29.7. The summed E-state index contributed by atoms with van der Waals surface area (Å²) >= 11 is 0. The van der Waals surface area contributed by atoms with Gasteiger partial charge in [0.15, 0.2) is 0 Å². The molecule has 0 amide bonds. The van der Waals surface area contributed by atoms with Crippen LogP contribution in [0.5, 0.6) is 0 Å². The first-order valence-electron chi connectivity index (χ1n) is 6.15. The van der Waals surface area contributed by atoms with Crippen LogP contribution in [0.3, 0.4) is 0 Å². The van der Waals surface area contributed by atoms with Gasteiger partial charge in [-0.3, -0.25) is 4.90 Å². The lowest BCUT2D eigenvalue weighted by atomic mass is 10.0. The SMILES string of the molecule is C#CCC(C)N1CC(CC)NCC1CC. The van der Waals surface area contributed by atoms with Gasteiger partial charge >= 0.3 is 0 Å². The summed E-state index contributed by atoms with van der Waals surface area (Å²) < 4.78 is 0. The van der Waals surface area contributed by atoms with Crippen molar-refractivity contribution in [3.8, 4) is 12.3 Å². The molecule has 15 heavy (non-hydrogen) atoms. The second-order valence-electron chi connectivity index (χ2n) is 4.53. The zero-order valence-corrected chi connectivity index (χ0v) is 10.3. The van der Waals surface area contributed by atoms with Crippen LogP contribution >= 0.6 is 0 Å². The largest absolute Gasteiger partial charge is 0.311 e. The molecule has 1 rings (SSSR count). The van der Waals surface area contributed by atoms with E-state index < -0.39 is 0 Å². The molecule has 0 aliphatic carbocycles. The van der Waals surface area contributed by atoms with E-state index in [1.165, 1.54) is 12.8 Å². The average molecular weight is 208 g/mol. The number of nitrogens with zero attached hydrogens (tertiary/aromatic N) is 1. The van der Waals surface area contributed by atoms with Gasteiger partial charge in [0.25, 0.3) is 0 Å². The minimum atomic E-state index is 0.524. The first-order chi connectivity index (χ1) is 7.22. The van der Waals surface area contributed by atoms with Crippen molar-refractivity contribution in [2.75, 3.05) is 13.1 Å². The predicted molar refractivity (Wildman–Crippen MR) is 65.8 cm³/mol. The summed E-state index contributed by atoms with van der Waals surface area (Å²) in [4.78, 5) is 2.59. The molecular weight excluding hydrogens is 184 g/mol. The Bertz CT molecular complexity index is 219. The van der Waals surface area contributed by atoms with Gasteiger partial charge in [0.05, 0.1) is 0 Å².